The number of thiophene rings is 1. The van der Waals surface area contributed by atoms with Gasteiger partial charge in [0, 0.05) is 27.5 Å². The molecule has 1 aliphatic heterocycles. The van der Waals surface area contributed by atoms with E-state index in [9.17, 15) is 4.79 Å². The van der Waals surface area contributed by atoms with E-state index in [1.54, 1.807) is 29.5 Å². The first kappa shape index (κ1) is 21.6. The molecule has 3 heterocycles. The fourth-order valence-corrected chi connectivity index (χ4v) is 5.12. The van der Waals surface area contributed by atoms with Crippen LogP contribution in [0.3, 0.4) is 0 Å². The molecule has 2 aromatic heterocycles. The van der Waals surface area contributed by atoms with Gasteiger partial charge < -0.3 is 10.1 Å². The minimum absolute atomic E-state index is 0.139. The molecule has 0 saturated carbocycles. The molecule has 1 unspecified atom stereocenters. The number of aromatic nitrogens is 3. The summed E-state index contributed by atoms with van der Waals surface area (Å²) in [6.07, 6.45) is 2.22. The normalized spacial score (nSPS) is 16.2. The average molecular weight is 483 g/mol. The Morgan fingerprint density at radius 2 is 2.23 bits per heavy atom. The van der Waals surface area contributed by atoms with Crippen LogP contribution in [0.1, 0.15) is 17.7 Å². The highest BCUT2D eigenvalue weighted by Gasteiger charge is 2.22. The summed E-state index contributed by atoms with van der Waals surface area (Å²) in [6.45, 7) is 3.52. The largest absolute Gasteiger partial charge is 0.376 e. The van der Waals surface area contributed by atoms with Crippen molar-refractivity contribution in [1.82, 2.24) is 14.8 Å². The lowest BCUT2D eigenvalue weighted by atomic mass is 10.2. The van der Waals surface area contributed by atoms with Gasteiger partial charge in [-0.3, -0.25) is 9.36 Å². The van der Waals surface area contributed by atoms with Gasteiger partial charge in [-0.25, -0.2) is 0 Å². The first-order valence-corrected chi connectivity index (χ1v) is 12.1. The van der Waals surface area contributed by atoms with Crippen LogP contribution in [0.5, 0.6) is 0 Å². The number of hydrogen-bond acceptors (Lipinski definition) is 6. The summed E-state index contributed by atoms with van der Waals surface area (Å²) in [5.41, 5.74) is 1.56. The molecule has 1 saturated heterocycles. The number of carbonyl (C=O) groups is 1. The Morgan fingerprint density at radius 1 is 1.37 bits per heavy atom. The molecular weight excluding hydrogens is 463 g/mol. The number of amides is 1. The Labute approximate surface area is 192 Å². The molecular formula is C20H20Cl2N4O2S2. The van der Waals surface area contributed by atoms with Crippen molar-refractivity contribution >= 4 is 57.9 Å². The van der Waals surface area contributed by atoms with Gasteiger partial charge >= 0.3 is 0 Å². The minimum atomic E-state index is -0.177. The number of carbonyl (C=O) groups excluding carboxylic acids is 1. The maximum atomic E-state index is 12.5. The summed E-state index contributed by atoms with van der Waals surface area (Å²) in [4.78, 5) is 13.7. The second-order valence-corrected chi connectivity index (χ2v) is 9.86. The molecule has 1 atom stereocenters. The number of thioether (sulfide) groups is 1. The lowest BCUT2D eigenvalue weighted by Gasteiger charge is -2.14. The number of nitrogens with zero attached hydrogens (tertiary/aromatic N) is 3. The van der Waals surface area contributed by atoms with Crippen molar-refractivity contribution < 1.29 is 9.53 Å². The van der Waals surface area contributed by atoms with E-state index in [1.807, 2.05) is 0 Å². The minimum Gasteiger partial charge on any atom is -0.376 e. The number of halogens is 2. The number of rotatable bonds is 7. The van der Waals surface area contributed by atoms with E-state index >= 15 is 0 Å². The van der Waals surface area contributed by atoms with Gasteiger partial charge in [-0.1, -0.05) is 35.0 Å². The van der Waals surface area contributed by atoms with Crippen molar-refractivity contribution in [3.05, 3.63) is 44.6 Å². The van der Waals surface area contributed by atoms with E-state index in [1.165, 1.54) is 16.6 Å². The summed E-state index contributed by atoms with van der Waals surface area (Å²) in [7, 11) is 0. The third-order valence-corrected chi connectivity index (χ3v) is 7.03. The molecule has 1 N–H and O–H groups in total. The summed E-state index contributed by atoms with van der Waals surface area (Å²) >= 11 is 15.1. The number of aryl methyl sites for hydroxylation is 1. The van der Waals surface area contributed by atoms with E-state index in [2.05, 4.69) is 38.5 Å². The second kappa shape index (κ2) is 9.70. The van der Waals surface area contributed by atoms with Gasteiger partial charge in [0.05, 0.1) is 29.1 Å². The predicted molar refractivity (Wildman–Crippen MR) is 123 cm³/mol. The zero-order valence-corrected chi connectivity index (χ0v) is 19.4. The standard InChI is InChI=1S/C20H20Cl2N4O2S2/c1-12-7-13(10-29-12)19-24-25-20(26(19)9-15-3-2-6-28-15)30-11-18(27)23-17-5-4-14(21)8-16(17)22/h4-5,7-8,10,15H,2-3,6,9,11H2,1H3,(H,23,27). The Bertz CT molecular complexity index is 1050. The third-order valence-electron chi connectivity index (χ3n) is 4.65. The Kier molecular flexibility index (Phi) is 7.00. The molecule has 1 aromatic carbocycles. The molecule has 0 aliphatic carbocycles. The molecule has 1 amide bonds. The van der Waals surface area contributed by atoms with Crippen molar-refractivity contribution in [2.24, 2.45) is 0 Å². The van der Waals surface area contributed by atoms with E-state index in [4.69, 9.17) is 27.9 Å². The average Bonchev–Trinajstić information content (AvgIpc) is 3.45. The molecule has 3 aromatic rings. The molecule has 158 valence electrons. The molecule has 1 aliphatic rings. The van der Waals surface area contributed by atoms with Crippen LogP contribution >= 0.6 is 46.3 Å². The van der Waals surface area contributed by atoms with E-state index in [0.29, 0.717) is 27.4 Å². The summed E-state index contributed by atoms with van der Waals surface area (Å²) < 4.78 is 7.88. The van der Waals surface area contributed by atoms with Gasteiger partial charge in [0.1, 0.15) is 0 Å². The molecule has 0 spiro atoms. The van der Waals surface area contributed by atoms with Crippen LogP contribution in [-0.2, 0) is 16.1 Å². The lowest BCUT2D eigenvalue weighted by molar-refractivity contribution is -0.113. The highest BCUT2D eigenvalue weighted by atomic mass is 35.5. The number of benzene rings is 1. The van der Waals surface area contributed by atoms with Gasteiger partial charge in [0.25, 0.3) is 0 Å². The smallest absolute Gasteiger partial charge is 0.234 e. The topological polar surface area (TPSA) is 69.0 Å². The highest BCUT2D eigenvalue weighted by molar-refractivity contribution is 7.99. The van der Waals surface area contributed by atoms with Gasteiger partial charge in [-0.15, -0.1) is 21.5 Å². The van der Waals surface area contributed by atoms with Crippen LogP contribution in [0.2, 0.25) is 10.0 Å². The van der Waals surface area contributed by atoms with Gasteiger partial charge in [0.2, 0.25) is 5.91 Å². The zero-order chi connectivity index (χ0) is 21.1. The number of anilines is 1. The monoisotopic (exact) mass is 482 g/mol. The predicted octanol–water partition coefficient (Wildman–Crippen LogP) is 5.53. The molecule has 10 heteroatoms. The summed E-state index contributed by atoms with van der Waals surface area (Å²) in [6, 6.07) is 7.07. The Morgan fingerprint density at radius 3 is 2.93 bits per heavy atom. The Balaban J connectivity index is 1.48. The van der Waals surface area contributed by atoms with Crippen molar-refractivity contribution in [2.45, 2.75) is 37.6 Å². The first-order chi connectivity index (χ1) is 14.5. The molecule has 0 bridgehead atoms. The zero-order valence-electron chi connectivity index (χ0n) is 16.2. The van der Waals surface area contributed by atoms with Crippen molar-refractivity contribution in [3.8, 4) is 11.4 Å². The van der Waals surface area contributed by atoms with Crippen LogP contribution in [0.25, 0.3) is 11.4 Å². The number of ether oxygens (including phenoxy) is 1. The fraction of sp³-hybridized carbons (Fsp3) is 0.350. The summed E-state index contributed by atoms with van der Waals surface area (Å²) in [5.74, 6) is 0.813. The van der Waals surface area contributed by atoms with Crippen molar-refractivity contribution in [1.29, 1.82) is 0 Å². The van der Waals surface area contributed by atoms with Crippen LogP contribution in [-0.4, -0.2) is 39.1 Å². The maximum absolute atomic E-state index is 12.5. The van der Waals surface area contributed by atoms with Crippen LogP contribution in [0, 0.1) is 6.92 Å². The highest BCUT2D eigenvalue weighted by Crippen LogP contribution is 2.30. The van der Waals surface area contributed by atoms with E-state index < -0.39 is 0 Å². The van der Waals surface area contributed by atoms with E-state index in [-0.39, 0.29) is 17.8 Å². The van der Waals surface area contributed by atoms with E-state index in [0.717, 1.165) is 30.8 Å². The van der Waals surface area contributed by atoms with Gasteiger partial charge in [-0.2, -0.15) is 0 Å². The quantitative estimate of drug-likeness (QED) is 0.448. The van der Waals surface area contributed by atoms with Gasteiger partial charge in [0.15, 0.2) is 11.0 Å². The van der Waals surface area contributed by atoms with Crippen LogP contribution in [0.15, 0.2) is 34.8 Å². The first-order valence-electron chi connectivity index (χ1n) is 9.47. The molecule has 6 nitrogen and oxygen atoms in total. The molecule has 0 radical (unpaired) electrons. The number of nitrogens with one attached hydrogen (secondary N) is 1. The van der Waals surface area contributed by atoms with Crippen molar-refractivity contribution in [2.75, 3.05) is 17.7 Å². The van der Waals surface area contributed by atoms with Crippen LogP contribution < -0.4 is 5.32 Å². The second-order valence-electron chi connectivity index (χ2n) is 6.96. The fourth-order valence-electron chi connectivity index (χ4n) is 3.23. The Hall–Kier alpha value is -1.58. The van der Waals surface area contributed by atoms with Crippen LogP contribution in [0.4, 0.5) is 5.69 Å². The molecule has 4 rings (SSSR count). The maximum Gasteiger partial charge on any atom is 0.234 e. The van der Waals surface area contributed by atoms with Crippen molar-refractivity contribution in [3.63, 3.8) is 0 Å². The summed E-state index contributed by atoms with van der Waals surface area (Å²) in [5, 5.41) is 15.3. The van der Waals surface area contributed by atoms with Gasteiger partial charge in [-0.05, 0) is 44.0 Å². The molecule has 30 heavy (non-hydrogen) atoms. The lowest BCUT2D eigenvalue weighted by Crippen LogP contribution is -2.18. The third kappa shape index (κ3) is 5.18. The number of hydrogen-bond donors (Lipinski definition) is 1. The molecule has 1 fully saturated rings. The SMILES string of the molecule is Cc1cc(-c2nnc(SCC(=O)Nc3ccc(Cl)cc3Cl)n2CC2CCCO2)cs1.